The number of hydrogen-bond acceptors (Lipinski definition) is 8. The highest BCUT2D eigenvalue weighted by atomic mass is 35.5. The van der Waals surface area contributed by atoms with Gasteiger partial charge in [0, 0.05) is 16.0 Å². The molecule has 3 heterocycles. The molecule has 4 aromatic rings. The van der Waals surface area contributed by atoms with Crippen LogP contribution < -0.4 is 4.90 Å². The molecule has 0 aliphatic carbocycles. The van der Waals surface area contributed by atoms with Crippen molar-refractivity contribution < 1.29 is 23.6 Å². The number of halogens is 1. The van der Waals surface area contributed by atoms with Crippen LogP contribution in [0.15, 0.2) is 63.8 Å². The minimum atomic E-state index is -0.687. The van der Waals surface area contributed by atoms with E-state index in [9.17, 15) is 14.4 Å². The Morgan fingerprint density at radius 3 is 2.59 bits per heavy atom. The van der Waals surface area contributed by atoms with Gasteiger partial charge in [0.25, 0.3) is 17.7 Å². The van der Waals surface area contributed by atoms with Crippen molar-refractivity contribution in [3.8, 4) is 11.4 Å². The second kappa shape index (κ2) is 8.03. The van der Waals surface area contributed by atoms with Crippen molar-refractivity contribution in [2.45, 2.75) is 6.61 Å². The summed E-state index contributed by atoms with van der Waals surface area (Å²) in [5.41, 5.74) is 1.65. The van der Waals surface area contributed by atoms with Crippen molar-refractivity contribution >= 4 is 46.4 Å². The van der Waals surface area contributed by atoms with Crippen LogP contribution >= 0.6 is 22.9 Å². The fourth-order valence-electron chi connectivity index (χ4n) is 3.23. The lowest BCUT2D eigenvalue weighted by Crippen LogP contribution is -2.29. The second-order valence-corrected chi connectivity index (χ2v) is 8.00. The Morgan fingerprint density at radius 2 is 1.84 bits per heavy atom. The number of carbonyl (C=O) groups excluding carboxylic acids is 3. The number of carbonyl (C=O) groups is 3. The van der Waals surface area contributed by atoms with Crippen LogP contribution in [0.25, 0.3) is 11.4 Å². The highest BCUT2D eigenvalue weighted by Crippen LogP contribution is 2.30. The molecule has 8 nitrogen and oxygen atoms in total. The zero-order chi connectivity index (χ0) is 22.2. The topological polar surface area (TPSA) is 103 Å². The average Bonchev–Trinajstić information content (AvgIpc) is 3.54. The summed E-state index contributed by atoms with van der Waals surface area (Å²) in [7, 11) is 0. The Morgan fingerprint density at radius 1 is 1.06 bits per heavy atom. The smallest absolute Gasteiger partial charge is 0.338 e. The van der Waals surface area contributed by atoms with Crippen molar-refractivity contribution in [3.05, 3.63) is 86.9 Å². The third-order valence-electron chi connectivity index (χ3n) is 4.78. The first kappa shape index (κ1) is 20.1. The summed E-state index contributed by atoms with van der Waals surface area (Å²) >= 11 is 7.38. The Bertz CT molecular complexity index is 1350. The SMILES string of the molecule is O=C(OCc1nc(-c2ccsc2)no1)c1ccc2c(c1)C(=O)N(c1ccc(Cl)cc1)C2=O. The first-order valence-corrected chi connectivity index (χ1v) is 10.6. The van der Waals surface area contributed by atoms with E-state index in [1.165, 1.54) is 29.5 Å². The molecule has 0 spiro atoms. The number of fused-ring (bicyclic) bond motifs is 1. The molecule has 0 atom stereocenters. The predicted molar refractivity (Wildman–Crippen MR) is 116 cm³/mol. The van der Waals surface area contributed by atoms with Crippen LogP contribution in [0.2, 0.25) is 5.02 Å². The molecule has 0 fully saturated rings. The molecule has 0 radical (unpaired) electrons. The van der Waals surface area contributed by atoms with E-state index in [1.807, 2.05) is 16.8 Å². The lowest BCUT2D eigenvalue weighted by atomic mass is 10.1. The Kier molecular flexibility index (Phi) is 5.04. The number of rotatable bonds is 5. The van der Waals surface area contributed by atoms with E-state index >= 15 is 0 Å². The van der Waals surface area contributed by atoms with Gasteiger partial charge in [0.1, 0.15) is 0 Å². The second-order valence-electron chi connectivity index (χ2n) is 6.78. The zero-order valence-corrected chi connectivity index (χ0v) is 17.7. The number of imide groups is 1. The van der Waals surface area contributed by atoms with E-state index in [2.05, 4.69) is 10.1 Å². The van der Waals surface area contributed by atoms with E-state index in [0.717, 1.165) is 10.5 Å². The molecule has 1 aliphatic rings. The average molecular weight is 466 g/mol. The van der Waals surface area contributed by atoms with E-state index in [1.54, 1.807) is 24.3 Å². The molecule has 0 bridgehead atoms. The van der Waals surface area contributed by atoms with Gasteiger partial charge in [-0.1, -0.05) is 16.8 Å². The van der Waals surface area contributed by atoms with Gasteiger partial charge in [-0.2, -0.15) is 16.3 Å². The van der Waals surface area contributed by atoms with E-state index in [0.29, 0.717) is 16.5 Å². The molecule has 0 unspecified atom stereocenters. The summed E-state index contributed by atoms with van der Waals surface area (Å²) in [6.07, 6.45) is 0. The fraction of sp³-hybridized carbons (Fsp3) is 0.0455. The Hall–Kier alpha value is -3.82. The van der Waals surface area contributed by atoms with Gasteiger partial charge in [0.15, 0.2) is 6.61 Å². The Labute approximate surface area is 190 Å². The molecule has 2 aromatic heterocycles. The van der Waals surface area contributed by atoms with Crippen LogP contribution in [-0.2, 0) is 11.3 Å². The lowest BCUT2D eigenvalue weighted by Gasteiger charge is -2.13. The highest BCUT2D eigenvalue weighted by molar-refractivity contribution is 7.08. The molecule has 2 aromatic carbocycles. The number of ether oxygens (including phenoxy) is 1. The van der Waals surface area contributed by atoms with Crippen LogP contribution in [0.3, 0.4) is 0 Å². The van der Waals surface area contributed by atoms with Crippen LogP contribution in [0.5, 0.6) is 0 Å². The molecule has 5 rings (SSSR count). The van der Waals surface area contributed by atoms with E-state index in [4.69, 9.17) is 20.9 Å². The van der Waals surface area contributed by atoms with Gasteiger partial charge in [0.2, 0.25) is 5.82 Å². The van der Waals surface area contributed by atoms with E-state index in [-0.39, 0.29) is 29.2 Å². The minimum absolute atomic E-state index is 0.122. The highest BCUT2D eigenvalue weighted by Gasteiger charge is 2.37. The summed E-state index contributed by atoms with van der Waals surface area (Å²) in [6.45, 7) is -0.225. The third kappa shape index (κ3) is 3.57. The molecule has 0 saturated carbocycles. The number of amides is 2. The van der Waals surface area contributed by atoms with Gasteiger partial charge in [-0.3, -0.25) is 9.59 Å². The van der Waals surface area contributed by atoms with Crippen molar-refractivity contribution in [1.82, 2.24) is 10.1 Å². The molecule has 10 heteroatoms. The molecule has 158 valence electrons. The van der Waals surface area contributed by atoms with Gasteiger partial charge >= 0.3 is 5.97 Å². The molecule has 1 aliphatic heterocycles. The van der Waals surface area contributed by atoms with Crippen molar-refractivity contribution in [2.75, 3.05) is 4.90 Å². The summed E-state index contributed by atoms with van der Waals surface area (Å²) < 4.78 is 10.3. The third-order valence-corrected chi connectivity index (χ3v) is 5.72. The van der Waals surface area contributed by atoms with Gasteiger partial charge < -0.3 is 9.26 Å². The maximum Gasteiger partial charge on any atom is 0.338 e. The van der Waals surface area contributed by atoms with Crippen molar-refractivity contribution in [3.63, 3.8) is 0 Å². The van der Waals surface area contributed by atoms with Crippen LogP contribution in [-0.4, -0.2) is 27.9 Å². The number of aromatic nitrogens is 2. The van der Waals surface area contributed by atoms with Crippen molar-refractivity contribution in [2.24, 2.45) is 0 Å². The van der Waals surface area contributed by atoms with Gasteiger partial charge in [-0.05, 0) is 53.9 Å². The molecule has 32 heavy (non-hydrogen) atoms. The summed E-state index contributed by atoms with van der Waals surface area (Å²) in [5.74, 6) is -1.14. The van der Waals surface area contributed by atoms with E-state index < -0.39 is 17.8 Å². The maximum absolute atomic E-state index is 12.8. The quantitative estimate of drug-likeness (QED) is 0.313. The van der Waals surface area contributed by atoms with Crippen LogP contribution in [0.1, 0.15) is 37.0 Å². The summed E-state index contributed by atoms with van der Waals surface area (Å²) in [4.78, 5) is 43.3. The predicted octanol–water partition coefficient (Wildman–Crippen LogP) is 4.61. The summed E-state index contributed by atoms with van der Waals surface area (Å²) in [5, 5.41) is 8.10. The standard InChI is InChI=1S/C22H12ClN3O5S/c23-14-2-4-15(5-3-14)26-20(27)16-6-1-12(9-17(16)21(26)28)22(29)30-10-18-24-19(25-31-18)13-7-8-32-11-13/h1-9,11H,10H2. The molecular formula is C22H12ClN3O5S. The molecule has 0 saturated heterocycles. The number of anilines is 1. The number of nitrogens with zero attached hydrogens (tertiary/aromatic N) is 3. The number of esters is 1. The molecule has 0 N–H and O–H groups in total. The lowest BCUT2D eigenvalue weighted by molar-refractivity contribution is 0.0429. The minimum Gasteiger partial charge on any atom is -0.452 e. The van der Waals surface area contributed by atoms with Crippen molar-refractivity contribution in [1.29, 1.82) is 0 Å². The van der Waals surface area contributed by atoms with Gasteiger partial charge in [-0.15, -0.1) is 0 Å². The number of thiophene rings is 1. The monoisotopic (exact) mass is 465 g/mol. The van der Waals surface area contributed by atoms with Gasteiger partial charge in [0.05, 0.1) is 22.4 Å². The summed E-state index contributed by atoms with van der Waals surface area (Å²) in [6, 6.07) is 12.4. The van der Waals surface area contributed by atoms with Crippen LogP contribution in [0, 0.1) is 0 Å². The first-order chi connectivity index (χ1) is 15.5. The van der Waals surface area contributed by atoms with Gasteiger partial charge in [-0.25, -0.2) is 9.69 Å². The fourth-order valence-corrected chi connectivity index (χ4v) is 3.99. The Balaban J connectivity index is 1.31. The van der Waals surface area contributed by atoms with Crippen LogP contribution in [0.4, 0.5) is 5.69 Å². The maximum atomic E-state index is 12.8. The normalized spacial score (nSPS) is 12.8. The number of hydrogen-bond donors (Lipinski definition) is 0. The molecular weight excluding hydrogens is 454 g/mol. The largest absolute Gasteiger partial charge is 0.452 e. The first-order valence-electron chi connectivity index (χ1n) is 9.32. The molecule has 2 amide bonds. The zero-order valence-electron chi connectivity index (χ0n) is 16.1. The number of benzene rings is 2.